The third-order valence-electron chi connectivity index (χ3n) is 7.31. The molecular formula is C26H29N3O7. The second-order valence-electron chi connectivity index (χ2n) is 9.48. The number of carbonyl (C=O) groups is 3. The molecule has 10 nitrogen and oxygen atoms in total. The van der Waals surface area contributed by atoms with Crippen molar-refractivity contribution in [3.63, 3.8) is 0 Å². The van der Waals surface area contributed by atoms with Crippen LogP contribution in [0, 0.1) is 19.8 Å². The average molecular weight is 496 g/mol. The fraction of sp³-hybridized carbons (Fsp3) is 0.385. The van der Waals surface area contributed by atoms with E-state index in [1.807, 2.05) is 0 Å². The topological polar surface area (TPSA) is 183 Å². The predicted molar refractivity (Wildman–Crippen MR) is 132 cm³/mol. The van der Waals surface area contributed by atoms with Gasteiger partial charge in [0.2, 0.25) is 11.7 Å². The van der Waals surface area contributed by atoms with Crippen LogP contribution < -0.4 is 11.2 Å². The number of Topliss-reactive ketones (excluding diaryl/α,β-unsaturated/α-hetero) is 2. The number of hydrogen-bond donors (Lipinski definition) is 6. The molecule has 2 aromatic carbocycles. The maximum atomic E-state index is 13.8. The van der Waals surface area contributed by atoms with Crippen LogP contribution in [0.2, 0.25) is 0 Å². The van der Waals surface area contributed by atoms with E-state index in [1.54, 1.807) is 32.9 Å². The van der Waals surface area contributed by atoms with Gasteiger partial charge in [-0.25, -0.2) is 5.43 Å². The Hall–Kier alpha value is -3.76. The highest BCUT2D eigenvalue weighted by atomic mass is 16.3. The van der Waals surface area contributed by atoms with Crippen LogP contribution >= 0.6 is 0 Å². The predicted octanol–water partition coefficient (Wildman–Crippen LogP) is 1.97. The van der Waals surface area contributed by atoms with Gasteiger partial charge in [-0.3, -0.25) is 14.4 Å². The van der Waals surface area contributed by atoms with Gasteiger partial charge in [0.25, 0.3) is 0 Å². The minimum Gasteiger partial charge on any atom is -0.508 e. The van der Waals surface area contributed by atoms with Gasteiger partial charge in [0, 0.05) is 12.3 Å². The summed E-state index contributed by atoms with van der Waals surface area (Å²) in [5.41, 5.74) is 6.45. The number of ketones is 2. The number of nitrogens with one attached hydrogen (secondary N) is 1. The monoisotopic (exact) mass is 495 g/mol. The van der Waals surface area contributed by atoms with Crippen molar-refractivity contribution in [2.75, 3.05) is 0 Å². The van der Waals surface area contributed by atoms with E-state index >= 15 is 0 Å². The molecule has 3 atom stereocenters. The molecule has 0 spiro atoms. The van der Waals surface area contributed by atoms with E-state index in [1.165, 1.54) is 6.92 Å². The number of phenols is 2. The molecule has 10 heteroatoms. The summed E-state index contributed by atoms with van der Waals surface area (Å²) >= 11 is 0. The van der Waals surface area contributed by atoms with Gasteiger partial charge < -0.3 is 26.2 Å². The van der Waals surface area contributed by atoms with E-state index in [9.17, 15) is 34.8 Å². The molecule has 0 bridgehead atoms. The van der Waals surface area contributed by atoms with E-state index in [2.05, 4.69) is 10.5 Å². The van der Waals surface area contributed by atoms with Crippen molar-refractivity contribution >= 4 is 34.0 Å². The highest BCUT2D eigenvalue weighted by Crippen LogP contribution is 2.50. The first-order valence-corrected chi connectivity index (χ1v) is 11.7. The van der Waals surface area contributed by atoms with Gasteiger partial charge in [-0.05, 0) is 55.7 Å². The van der Waals surface area contributed by atoms with Gasteiger partial charge in [-0.2, -0.15) is 5.10 Å². The zero-order chi connectivity index (χ0) is 26.7. The molecule has 0 heterocycles. The Morgan fingerprint density at radius 2 is 1.86 bits per heavy atom. The minimum absolute atomic E-state index is 0.0536. The Labute approximate surface area is 207 Å². The van der Waals surface area contributed by atoms with Crippen molar-refractivity contribution in [1.82, 2.24) is 5.43 Å². The lowest BCUT2D eigenvalue weighted by Crippen LogP contribution is -2.63. The maximum absolute atomic E-state index is 13.8. The molecule has 2 aliphatic rings. The summed E-state index contributed by atoms with van der Waals surface area (Å²) in [6.07, 6.45) is 0.671. The first kappa shape index (κ1) is 25.3. The average Bonchev–Trinajstić information content (AvgIpc) is 2.83. The summed E-state index contributed by atoms with van der Waals surface area (Å²) in [5, 5.41) is 48.9. The van der Waals surface area contributed by atoms with Gasteiger partial charge in [0.1, 0.15) is 17.3 Å². The first-order chi connectivity index (χ1) is 16.9. The number of nitrogens with two attached hydrogens (primary N) is 1. The molecule has 2 aromatic rings. The van der Waals surface area contributed by atoms with Crippen LogP contribution in [0.1, 0.15) is 53.7 Å². The first-order valence-electron chi connectivity index (χ1n) is 11.7. The molecule has 0 saturated carbocycles. The summed E-state index contributed by atoms with van der Waals surface area (Å²) < 4.78 is 0. The molecule has 36 heavy (non-hydrogen) atoms. The molecule has 0 fully saturated rings. The molecule has 7 N–H and O–H groups in total. The zero-order valence-corrected chi connectivity index (χ0v) is 20.5. The fourth-order valence-corrected chi connectivity index (χ4v) is 5.25. The SMILES string of the molecule is CCCC(=O)N/N=C(\C)C1=C(O)[C@@]2(O)C(=O)c3c(c(C)c4ccc(C)c(O)c4c3O)C[C@H]2[C@@H](N)C1=O. The van der Waals surface area contributed by atoms with Crippen LogP contribution in [-0.4, -0.2) is 55.3 Å². The lowest BCUT2D eigenvalue weighted by Gasteiger charge is -2.45. The van der Waals surface area contributed by atoms with E-state index in [0.29, 0.717) is 28.5 Å². The Morgan fingerprint density at radius 1 is 1.19 bits per heavy atom. The van der Waals surface area contributed by atoms with E-state index in [-0.39, 0.29) is 35.3 Å². The number of amides is 1. The second kappa shape index (κ2) is 8.72. The summed E-state index contributed by atoms with van der Waals surface area (Å²) in [6.45, 7) is 6.49. The quantitative estimate of drug-likeness (QED) is 0.275. The number of benzene rings is 2. The number of nitrogens with zero attached hydrogens (tertiary/aromatic N) is 1. The number of carbonyl (C=O) groups excluding carboxylic acids is 3. The van der Waals surface area contributed by atoms with E-state index < -0.39 is 52.1 Å². The molecule has 0 aromatic heterocycles. The summed E-state index contributed by atoms with van der Waals surface area (Å²) in [5.74, 6) is -5.08. The van der Waals surface area contributed by atoms with Gasteiger partial charge in [-0.1, -0.05) is 19.1 Å². The van der Waals surface area contributed by atoms with Crippen LogP contribution in [0.15, 0.2) is 28.6 Å². The fourth-order valence-electron chi connectivity index (χ4n) is 5.25. The number of aliphatic hydroxyl groups is 2. The summed E-state index contributed by atoms with van der Waals surface area (Å²) in [7, 11) is 0. The lowest BCUT2D eigenvalue weighted by atomic mass is 9.61. The van der Waals surface area contributed by atoms with Gasteiger partial charge in [0.05, 0.1) is 28.3 Å². The highest BCUT2D eigenvalue weighted by molar-refractivity contribution is 6.27. The maximum Gasteiger partial charge on any atom is 0.240 e. The Bertz CT molecular complexity index is 1410. The van der Waals surface area contributed by atoms with Crippen molar-refractivity contribution in [3.05, 3.63) is 45.7 Å². The number of aryl methyl sites for hydroxylation is 2. The standard InChI is InChI=1S/C26H29N3O7/c1-5-6-16(30)29-28-12(4)17-23(33)20(27)15-9-14-11(3)13-8-7-10(2)21(31)18(13)22(32)19(14)25(35)26(15,36)24(17)34/h7-8,15,20,31-32,34,36H,5-6,9,27H2,1-4H3,(H,29,30)/b28-12+/t15-,20+,26+/m0/s1. The molecule has 0 aliphatic heterocycles. The lowest BCUT2D eigenvalue weighted by molar-refractivity contribution is -0.123. The minimum atomic E-state index is -2.63. The van der Waals surface area contributed by atoms with Crippen LogP contribution in [0.25, 0.3) is 10.8 Å². The number of hydrazone groups is 1. The van der Waals surface area contributed by atoms with Crippen molar-refractivity contribution in [2.24, 2.45) is 16.8 Å². The van der Waals surface area contributed by atoms with Gasteiger partial charge in [0.15, 0.2) is 11.4 Å². The molecule has 0 radical (unpaired) electrons. The Kier molecular flexibility index (Phi) is 6.14. The Morgan fingerprint density at radius 3 is 2.50 bits per heavy atom. The van der Waals surface area contributed by atoms with Crippen molar-refractivity contribution in [2.45, 2.75) is 58.6 Å². The molecule has 0 unspecified atom stereocenters. The van der Waals surface area contributed by atoms with Gasteiger partial charge >= 0.3 is 0 Å². The van der Waals surface area contributed by atoms with Crippen molar-refractivity contribution < 1.29 is 34.8 Å². The van der Waals surface area contributed by atoms with Crippen molar-refractivity contribution in [1.29, 1.82) is 0 Å². The van der Waals surface area contributed by atoms with Crippen LogP contribution in [0.4, 0.5) is 0 Å². The van der Waals surface area contributed by atoms with E-state index in [0.717, 1.165) is 0 Å². The third-order valence-corrected chi connectivity index (χ3v) is 7.31. The molecular weight excluding hydrogens is 466 g/mol. The number of phenolic OH excluding ortho intramolecular Hbond substituents is 2. The number of hydrogen-bond acceptors (Lipinski definition) is 9. The molecule has 4 rings (SSSR count). The van der Waals surface area contributed by atoms with Crippen LogP contribution in [0.5, 0.6) is 11.5 Å². The number of aromatic hydroxyl groups is 2. The van der Waals surface area contributed by atoms with Crippen LogP contribution in [0.3, 0.4) is 0 Å². The smallest absolute Gasteiger partial charge is 0.240 e. The number of aliphatic hydroxyl groups excluding tert-OH is 1. The van der Waals surface area contributed by atoms with Gasteiger partial charge in [-0.15, -0.1) is 0 Å². The Balaban J connectivity index is 1.94. The largest absolute Gasteiger partial charge is 0.508 e. The van der Waals surface area contributed by atoms with E-state index in [4.69, 9.17) is 5.73 Å². The summed E-state index contributed by atoms with van der Waals surface area (Å²) in [4.78, 5) is 38.8. The highest BCUT2D eigenvalue weighted by Gasteiger charge is 2.60. The number of fused-ring (bicyclic) bond motifs is 3. The second-order valence-corrected chi connectivity index (χ2v) is 9.48. The normalized spacial score (nSPS) is 24.1. The molecule has 1 amide bonds. The zero-order valence-electron chi connectivity index (χ0n) is 20.5. The van der Waals surface area contributed by atoms with Crippen LogP contribution in [-0.2, 0) is 16.0 Å². The molecule has 2 aliphatic carbocycles. The van der Waals surface area contributed by atoms with Crippen molar-refractivity contribution in [3.8, 4) is 11.5 Å². The summed E-state index contributed by atoms with van der Waals surface area (Å²) in [6, 6.07) is 2.01. The molecule has 0 saturated heterocycles. The number of rotatable bonds is 4. The molecule has 190 valence electrons. The third kappa shape index (κ3) is 3.40.